The van der Waals surface area contributed by atoms with Gasteiger partial charge in [0.25, 0.3) is 0 Å². The number of esters is 1. The minimum Gasteiger partial charge on any atom is -0.425 e. The van der Waals surface area contributed by atoms with Crippen LogP contribution in [0, 0.1) is 17.8 Å². The first-order chi connectivity index (χ1) is 14.9. The van der Waals surface area contributed by atoms with Crippen LogP contribution in [0.2, 0.25) is 0 Å². The molecule has 3 atom stereocenters. The Balaban J connectivity index is 1.63. The van der Waals surface area contributed by atoms with Gasteiger partial charge in [-0.1, -0.05) is 66.2 Å². The number of ketones is 1. The summed E-state index contributed by atoms with van der Waals surface area (Å²) >= 11 is 0. The standard InChI is InChI=1S/C26H21NO4/c1-16-12-14-18(15-13-16)27-23(29)26-21(19-10-6-7-11-20(19)31-24(26)30)25(26,2)22(28)17-8-4-3-5-9-17/h3-15,21H,1-2H3,(H,27,29)/t21-,25+,26-/m0/s1. The Hall–Kier alpha value is -3.73. The number of hydrogen-bond donors (Lipinski definition) is 1. The van der Waals surface area contributed by atoms with Crippen LogP contribution in [0.1, 0.15) is 34.3 Å². The van der Waals surface area contributed by atoms with Crippen molar-refractivity contribution >= 4 is 23.3 Å². The van der Waals surface area contributed by atoms with E-state index < -0.39 is 28.6 Å². The molecule has 1 aliphatic heterocycles. The van der Waals surface area contributed by atoms with Crippen molar-refractivity contribution in [2.45, 2.75) is 19.8 Å². The molecule has 3 aromatic rings. The highest BCUT2D eigenvalue weighted by atomic mass is 16.5. The monoisotopic (exact) mass is 411 g/mol. The van der Waals surface area contributed by atoms with Crippen molar-refractivity contribution in [2.75, 3.05) is 5.32 Å². The maximum absolute atomic E-state index is 13.7. The van der Waals surface area contributed by atoms with E-state index in [0.717, 1.165) is 5.56 Å². The van der Waals surface area contributed by atoms with Crippen LogP contribution in [0.15, 0.2) is 78.9 Å². The second kappa shape index (κ2) is 6.64. The molecular weight excluding hydrogens is 390 g/mol. The zero-order chi connectivity index (χ0) is 21.8. The molecule has 5 nitrogen and oxygen atoms in total. The van der Waals surface area contributed by atoms with Crippen molar-refractivity contribution in [3.63, 3.8) is 0 Å². The molecule has 1 N–H and O–H groups in total. The van der Waals surface area contributed by atoms with Crippen molar-refractivity contribution in [3.8, 4) is 5.75 Å². The fourth-order valence-electron chi connectivity index (χ4n) is 5.01. The van der Waals surface area contributed by atoms with Crippen molar-refractivity contribution in [3.05, 3.63) is 95.6 Å². The van der Waals surface area contributed by atoms with Gasteiger partial charge in [0.2, 0.25) is 5.91 Å². The molecule has 1 aliphatic carbocycles. The maximum Gasteiger partial charge on any atom is 0.328 e. The molecule has 1 saturated carbocycles. The quantitative estimate of drug-likeness (QED) is 0.296. The van der Waals surface area contributed by atoms with E-state index in [1.54, 1.807) is 55.5 Å². The summed E-state index contributed by atoms with van der Waals surface area (Å²) < 4.78 is 5.60. The second-order valence-electron chi connectivity index (χ2n) is 8.39. The second-order valence-corrected chi connectivity index (χ2v) is 8.39. The van der Waals surface area contributed by atoms with E-state index in [0.29, 0.717) is 22.6 Å². The number of hydrogen-bond acceptors (Lipinski definition) is 4. The number of carbonyl (C=O) groups is 3. The minimum absolute atomic E-state index is 0.245. The first-order valence-corrected chi connectivity index (χ1v) is 10.2. The molecule has 5 rings (SSSR count). The SMILES string of the molecule is Cc1ccc(NC(=O)[C@]23C(=O)Oc4ccccc4[C@H]2[C@]3(C)C(=O)c2ccccc2)cc1. The average molecular weight is 411 g/mol. The van der Waals surface area contributed by atoms with Crippen LogP contribution in [0.25, 0.3) is 0 Å². The van der Waals surface area contributed by atoms with Gasteiger partial charge >= 0.3 is 5.97 Å². The first kappa shape index (κ1) is 19.2. The summed E-state index contributed by atoms with van der Waals surface area (Å²) in [5, 5.41) is 2.85. The van der Waals surface area contributed by atoms with E-state index in [4.69, 9.17) is 4.74 Å². The lowest BCUT2D eigenvalue weighted by Gasteiger charge is -2.23. The van der Waals surface area contributed by atoms with Crippen molar-refractivity contribution in [1.29, 1.82) is 0 Å². The molecule has 0 unspecified atom stereocenters. The number of para-hydroxylation sites is 1. The van der Waals surface area contributed by atoms with Gasteiger partial charge in [-0.05, 0) is 32.0 Å². The molecule has 0 radical (unpaired) electrons. The van der Waals surface area contributed by atoms with E-state index in [1.165, 1.54) is 0 Å². The number of aryl methyl sites for hydroxylation is 1. The fraction of sp³-hybridized carbons (Fsp3) is 0.192. The summed E-state index contributed by atoms with van der Waals surface area (Å²) in [5.74, 6) is -1.65. The maximum atomic E-state index is 13.7. The molecule has 0 saturated heterocycles. The number of rotatable bonds is 4. The highest BCUT2D eigenvalue weighted by Gasteiger charge is 2.88. The molecule has 3 aromatic carbocycles. The molecular formula is C26H21NO4. The van der Waals surface area contributed by atoms with E-state index in [9.17, 15) is 14.4 Å². The molecule has 2 aliphatic rings. The van der Waals surface area contributed by atoms with E-state index in [2.05, 4.69) is 5.32 Å². The highest BCUT2D eigenvalue weighted by molar-refractivity contribution is 6.23. The molecule has 1 heterocycles. The Morgan fingerprint density at radius 3 is 2.26 bits per heavy atom. The van der Waals surface area contributed by atoms with Crippen molar-refractivity contribution in [2.24, 2.45) is 10.8 Å². The molecule has 154 valence electrons. The zero-order valence-electron chi connectivity index (χ0n) is 17.2. The smallest absolute Gasteiger partial charge is 0.328 e. The summed E-state index contributed by atoms with van der Waals surface area (Å²) in [6, 6.07) is 23.2. The van der Waals surface area contributed by atoms with Crippen LogP contribution in [0.5, 0.6) is 5.75 Å². The zero-order valence-corrected chi connectivity index (χ0v) is 17.2. The van der Waals surface area contributed by atoms with E-state index >= 15 is 0 Å². The number of ether oxygens (including phenoxy) is 1. The average Bonchev–Trinajstić information content (AvgIpc) is 3.39. The third-order valence-electron chi connectivity index (χ3n) is 6.68. The number of benzene rings is 3. The first-order valence-electron chi connectivity index (χ1n) is 10.2. The topological polar surface area (TPSA) is 72.5 Å². The van der Waals surface area contributed by atoms with Gasteiger partial charge in [-0.25, -0.2) is 0 Å². The normalized spacial score (nSPS) is 25.6. The van der Waals surface area contributed by atoms with Gasteiger partial charge in [0.15, 0.2) is 11.2 Å². The van der Waals surface area contributed by atoms with Crippen LogP contribution >= 0.6 is 0 Å². The van der Waals surface area contributed by atoms with Gasteiger partial charge in [-0.15, -0.1) is 0 Å². The fourth-order valence-corrected chi connectivity index (χ4v) is 5.01. The third-order valence-corrected chi connectivity index (χ3v) is 6.68. The predicted molar refractivity (Wildman–Crippen MR) is 116 cm³/mol. The summed E-state index contributed by atoms with van der Waals surface area (Å²) in [6.45, 7) is 3.65. The van der Waals surface area contributed by atoms with Crippen molar-refractivity contribution < 1.29 is 19.1 Å². The number of anilines is 1. The summed E-state index contributed by atoms with van der Waals surface area (Å²) in [7, 11) is 0. The number of fused-ring (bicyclic) bond motifs is 3. The molecule has 0 aromatic heterocycles. The predicted octanol–water partition coefficient (Wildman–Crippen LogP) is 4.53. The number of nitrogens with one attached hydrogen (secondary N) is 1. The van der Waals surface area contributed by atoms with Crippen LogP contribution in [0.4, 0.5) is 5.69 Å². The van der Waals surface area contributed by atoms with Gasteiger partial charge in [0, 0.05) is 22.7 Å². The van der Waals surface area contributed by atoms with E-state index in [-0.39, 0.29) is 5.78 Å². The molecule has 1 fully saturated rings. The van der Waals surface area contributed by atoms with Gasteiger partial charge in [0.05, 0.1) is 5.41 Å². The highest BCUT2D eigenvalue weighted by Crippen LogP contribution is 2.78. The van der Waals surface area contributed by atoms with Crippen LogP contribution < -0.4 is 10.1 Å². The third kappa shape index (κ3) is 2.53. The molecule has 0 bridgehead atoms. The van der Waals surface area contributed by atoms with Crippen LogP contribution in [-0.2, 0) is 9.59 Å². The van der Waals surface area contributed by atoms with Crippen LogP contribution in [-0.4, -0.2) is 17.7 Å². The van der Waals surface area contributed by atoms with Gasteiger partial charge in [-0.2, -0.15) is 0 Å². The largest absolute Gasteiger partial charge is 0.425 e. The van der Waals surface area contributed by atoms with Gasteiger partial charge in [-0.3, -0.25) is 14.4 Å². The Labute approximate surface area is 180 Å². The summed E-state index contributed by atoms with van der Waals surface area (Å²) in [4.78, 5) is 40.6. The number of amides is 1. The molecule has 5 heteroatoms. The Morgan fingerprint density at radius 1 is 0.903 bits per heavy atom. The van der Waals surface area contributed by atoms with Gasteiger partial charge in [0.1, 0.15) is 5.75 Å². The summed E-state index contributed by atoms with van der Waals surface area (Å²) in [5.41, 5.74) is -0.0982. The Kier molecular flexibility index (Phi) is 4.12. The number of carbonyl (C=O) groups excluding carboxylic acids is 3. The number of Topliss-reactive ketones (excluding diaryl/α,β-unsaturated/α-hetero) is 1. The minimum atomic E-state index is -1.63. The van der Waals surface area contributed by atoms with Crippen molar-refractivity contribution in [1.82, 2.24) is 0 Å². The lowest BCUT2D eigenvalue weighted by atomic mass is 9.86. The van der Waals surface area contributed by atoms with Gasteiger partial charge < -0.3 is 10.1 Å². The lowest BCUT2D eigenvalue weighted by Crippen LogP contribution is -2.42. The molecule has 0 spiro atoms. The Bertz CT molecular complexity index is 1220. The lowest BCUT2D eigenvalue weighted by molar-refractivity contribution is -0.147. The van der Waals surface area contributed by atoms with Crippen LogP contribution in [0.3, 0.4) is 0 Å². The van der Waals surface area contributed by atoms with E-state index in [1.807, 2.05) is 37.3 Å². The Morgan fingerprint density at radius 2 is 1.55 bits per heavy atom. The summed E-state index contributed by atoms with van der Waals surface area (Å²) in [6.07, 6.45) is 0. The molecule has 1 amide bonds. The molecule has 31 heavy (non-hydrogen) atoms.